The number of carbonyl (C=O) groups excluding carboxylic acids is 1. The molecule has 2 heterocycles. The zero-order valence-corrected chi connectivity index (χ0v) is 16.0. The van der Waals surface area contributed by atoms with Crippen molar-refractivity contribution in [1.29, 1.82) is 0 Å². The van der Waals surface area contributed by atoms with Crippen molar-refractivity contribution in [2.24, 2.45) is 0 Å². The zero-order valence-electron chi connectivity index (χ0n) is 16.0. The van der Waals surface area contributed by atoms with Gasteiger partial charge in [0.2, 0.25) is 0 Å². The molecule has 28 heavy (non-hydrogen) atoms. The second-order valence-corrected chi connectivity index (χ2v) is 7.01. The smallest absolute Gasteiger partial charge is 0.336 e. The zero-order chi connectivity index (χ0) is 19.7. The number of amides is 1. The minimum atomic E-state index is -0.374. The molecule has 0 atom stereocenters. The van der Waals surface area contributed by atoms with Crippen molar-refractivity contribution < 1.29 is 13.9 Å². The SMILES string of the molecule is Cc1cc2oc(=O)cc(C)c2cc1NC(=O)c1ccc(N2CCOCC2)cc1. The predicted molar refractivity (Wildman–Crippen MR) is 109 cm³/mol. The number of ether oxygens (including phenoxy) is 1. The number of hydrogen-bond donors (Lipinski definition) is 1. The van der Waals surface area contributed by atoms with E-state index in [1.807, 2.05) is 44.2 Å². The lowest BCUT2D eigenvalue weighted by Crippen LogP contribution is -2.36. The number of nitrogens with one attached hydrogen (secondary N) is 1. The van der Waals surface area contributed by atoms with Crippen LogP contribution in [0.3, 0.4) is 0 Å². The van der Waals surface area contributed by atoms with Gasteiger partial charge in [-0.05, 0) is 61.4 Å². The van der Waals surface area contributed by atoms with Crippen molar-refractivity contribution in [1.82, 2.24) is 0 Å². The number of benzene rings is 2. The monoisotopic (exact) mass is 378 g/mol. The summed E-state index contributed by atoms with van der Waals surface area (Å²) in [6.07, 6.45) is 0. The van der Waals surface area contributed by atoms with E-state index in [1.54, 1.807) is 6.07 Å². The molecular weight excluding hydrogens is 356 g/mol. The highest BCUT2D eigenvalue weighted by atomic mass is 16.5. The Morgan fingerprint density at radius 1 is 1.00 bits per heavy atom. The number of morpholine rings is 1. The van der Waals surface area contributed by atoms with Gasteiger partial charge in [-0.15, -0.1) is 0 Å². The van der Waals surface area contributed by atoms with E-state index in [0.717, 1.165) is 48.5 Å². The van der Waals surface area contributed by atoms with E-state index in [9.17, 15) is 9.59 Å². The first-order chi connectivity index (χ1) is 13.5. The van der Waals surface area contributed by atoms with Crippen LogP contribution in [0.25, 0.3) is 11.0 Å². The molecular formula is C22H22N2O4. The normalized spacial score (nSPS) is 14.3. The Morgan fingerprint density at radius 3 is 2.43 bits per heavy atom. The topological polar surface area (TPSA) is 71.8 Å². The molecule has 0 saturated carbocycles. The van der Waals surface area contributed by atoms with Gasteiger partial charge in [0, 0.05) is 41.5 Å². The van der Waals surface area contributed by atoms with Crippen LogP contribution in [0.4, 0.5) is 11.4 Å². The third kappa shape index (κ3) is 3.64. The van der Waals surface area contributed by atoms with E-state index in [4.69, 9.17) is 9.15 Å². The molecule has 1 saturated heterocycles. The first-order valence-electron chi connectivity index (χ1n) is 9.30. The lowest BCUT2D eigenvalue weighted by molar-refractivity contribution is 0.102. The number of rotatable bonds is 3. The maximum absolute atomic E-state index is 12.7. The Bertz CT molecular complexity index is 1080. The molecule has 2 aromatic carbocycles. The van der Waals surface area contributed by atoms with Crippen LogP contribution in [-0.2, 0) is 4.74 Å². The highest BCUT2D eigenvalue weighted by Gasteiger charge is 2.14. The van der Waals surface area contributed by atoms with Crippen LogP contribution in [0.5, 0.6) is 0 Å². The van der Waals surface area contributed by atoms with Gasteiger partial charge in [0.15, 0.2) is 0 Å². The minimum Gasteiger partial charge on any atom is -0.423 e. The lowest BCUT2D eigenvalue weighted by atomic mass is 10.1. The van der Waals surface area contributed by atoms with Crippen LogP contribution in [0.1, 0.15) is 21.5 Å². The van der Waals surface area contributed by atoms with E-state index in [1.165, 1.54) is 6.07 Å². The molecule has 3 aromatic rings. The van der Waals surface area contributed by atoms with Crippen molar-refractivity contribution in [2.45, 2.75) is 13.8 Å². The quantitative estimate of drug-likeness (QED) is 0.707. The summed E-state index contributed by atoms with van der Waals surface area (Å²) >= 11 is 0. The second-order valence-electron chi connectivity index (χ2n) is 7.01. The highest BCUT2D eigenvalue weighted by Crippen LogP contribution is 2.26. The van der Waals surface area contributed by atoms with Gasteiger partial charge in [-0.3, -0.25) is 4.79 Å². The van der Waals surface area contributed by atoms with Gasteiger partial charge in [-0.25, -0.2) is 4.79 Å². The summed E-state index contributed by atoms with van der Waals surface area (Å²) in [5.74, 6) is -0.175. The van der Waals surface area contributed by atoms with E-state index in [2.05, 4.69) is 10.2 Å². The summed E-state index contributed by atoms with van der Waals surface area (Å²) in [6.45, 7) is 6.89. The van der Waals surface area contributed by atoms with Crippen LogP contribution in [-0.4, -0.2) is 32.2 Å². The summed E-state index contributed by atoms with van der Waals surface area (Å²) < 4.78 is 10.6. The molecule has 1 amide bonds. The number of anilines is 2. The van der Waals surface area contributed by atoms with Crippen LogP contribution >= 0.6 is 0 Å². The average molecular weight is 378 g/mol. The van der Waals surface area contributed by atoms with Crippen molar-refractivity contribution in [3.63, 3.8) is 0 Å². The Kier molecular flexibility index (Phi) is 4.88. The summed E-state index contributed by atoms with van der Waals surface area (Å²) in [5, 5.41) is 3.78. The van der Waals surface area contributed by atoms with Gasteiger partial charge in [-0.2, -0.15) is 0 Å². The maximum atomic E-state index is 12.7. The number of hydrogen-bond acceptors (Lipinski definition) is 5. The highest BCUT2D eigenvalue weighted by molar-refractivity contribution is 6.05. The molecule has 0 spiro atoms. The van der Waals surface area contributed by atoms with Crippen LogP contribution in [0, 0.1) is 13.8 Å². The molecule has 4 rings (SSSR count). The summed E-state index contributed by atoms with van der Waals surface area (Å²) in [5.41, 5.74) is 4.18. The Hall–Kier alpha value is -3.12. The van der Waals surface area contributed by atoms with Crippen molar-refractivity contribution in [3.8, 4) is 0 Å². The summed E-state index contributed by atoms with van der Waals surface area (Å²) in [6, 6.07) is 12.7. The van der Waals surface area contributed by atoms with Crippen LogP contribution in [0.15, 0.2) is 51.7 Å². The molecule has 1 N–H and O–H groups in total. The molecule has 0 unspecified atom stereocenters. The van der Waals surface area contributed by atoms with Gasteiger partial charge in [-0.1, -0.05) is 0 Å². The molecule has 1 aliphatic heterocycles. The number of carbonyl (C=O) groups is 1. The van der Waals surface area contributed by atoms with Gasteiger partial charge < -0.3 is 19.4 Å². The average Bonchev–Trinajstić information content (AvgIpc) is 2.70. The van der Waals surface area contributed by atoms with Crippen molar-refractivity contribution >= 4 is 28.3 Å². The fourth-order valence-corrected chi connectivity index (χ4v) is 3.44. The molecule has 1 fully saturated rings. The Morgan fingerprint density at radius 2 is 1.71 bits per heavy atom. The fourth-order valence-electron chi connectivity index (χ4n) is 3.44. The Labute approximate surface area is 162 Å². The molecule has 0 bridgehead atoms. The molecule has 0 aliphatic carbocycles. The van der Waals surface area contributed by atoms with Crippen molar-refractivity contribution in [3.05, 3.63) is 69.6 Å². The molecule has 1 aliphatic rings. The first-order valence-corrected chi connectivity index (χ1v) is 9.30. The van der Waals surface area contributed by atoms with E-state index >= 15 is 0 Å². The van der Waals surface area contributed by atoms with E-state index in [-0.39, 0.29) is 11.5 Å². The third-order valence-corrected chi connectivity index (χ3v) is 5.05. The number of fused-ring (bicyclic) bond motifs is 1. The minimum absolute atomic E-state index is 0.175. The lowest BCUT2D eigenvalue weighted by Gasteiger charge is -2.28. The molecule has 6 heteroatoms. The Balaban J connectivity index is 1.56. The largest absolute Gasteiger partial charge is 0.423 e. The number of nitrogens with zero attached hydrogens (tertiary/aromatic N) is 1. The predicted octanol–water partition coefficient (Wildman–Crippen LogP) is 3.50. The number of aryl methyl sites for hydroxylation is 2. The van der Waals surface area contributed by atoms with Crippen LogP contribution in [0.2, 0.25) is 0 Å². The van der Waals surface area contributed by atoms with Gasteiger partial charge in [0.25, 0.3) is 5.91 Å². The summed E-state index contributed by atoms with van der Waals surface area (Å²) in [7, 11) is 0. The fraction of sp³-hybridized carbons (Fsp3) is 0.273. The van der Waals surface area contributed by atoms with Gasteiger partial charge >= 0.3 is 5.63 Å². The van der Waals surface area contributed by atoms with Crippen LogP contribution < -0.4 is 15.8 Å². The van der Waals surface area contributed by atoms with Gasteiger partial charge in [0.05, 0.1) is 13.2 Å². The first kappa shape index (κ1) is 18.3. The third-order valence-electron chi connectivity index (χ3n) is 5.05. The molecule has 6 nitrogen and oxygen atoms in total. The van der Waals surface area contributed by atoms with Crippen molar-refractivity contribution in [2.75, 3.05) is 36.5 Å². The maximum Gasteiger partial charge on any atom is 0.336 e. The van der Waals surface area contributed by atoms with Gasteiger partial charge in [0.1, 0.15) is 5.58 Å². The van der Waals surface area contributed by atoms with E-state index < -0.39 is 0 Å². The molecule has 144 valence electrons. The standard InChI is InChI=1S/C22H22N2O4/c1-14-12-21(25)28-20-11-15(2)19(13-18(14)20)23-22(26)16-3-5-17(6-4-16)24-7-9-27-10-8-24/h3-6,11-13H,7-10H2,1-2H3,(H,23,26). The summed E-state index contributed by atoms with van der Waals surface area (Å²) in [4.78, 5) is 26.5. The molecule has 1 aromatic heterocycles. The molecule has 0 radical (unpaired) electrons. The second kappa shape index (κ2) is 7.48. The van der Waals surface area contributed by atoms with E-state index in [0.29, 0.717) is 16.8 Å².